The molecule has 0 fully saturated rings. The Labute approximate surface area is 173 Å². The lowest BCUT2D eigenvalue weighted by atomic mass is 9.99. The van der Waals surface area contributed by atoms with Gasteiger partial charge in [-0.15, -0.1) is 0 Å². The van der Waals surface area contributed by atoms with Gasteiger partial charge in [-0.05, 0) is 35.6 Å². The predicted molar refractivity (Wildman–Crippen MR) is 113 cm³/mol. The van der Waals surface area contributed by atoms with Crippen LogP contribution in [0.2, 0.25) is 0 Å². The van der Waals surface area contributed by atoms with Gasteiger partial charge in [-0.2, -0.15) is 5.26 Å². The molecule has 0 aliphatic rings. The maximum Gasteiger partial charge on any atom is 0.375 e. The monoisotopic (exact) mass is 403 g/mol. The van der Waals surface area contributed by atoms with Gasteiger partial charge in [0, 0.05) is 11.8 Å². The third-order valence-corrected chi connectivity index (χ3v) is 4.96. The fourth-order valence-corrected chi connectivity index (χ4v) is 3.39. The molecular weight excluding hydrogens is 382 g/mol. The van der Waals surface area contributed by atoms with Gasteiger partial charge in [0.15, 0.2) is 0 Å². The summed E-state index contributed by atoms with van der Waals surface area (Å²) in [7, 11) is 0. The molecule has 3 rings (SSSR count). The molecule has 1 N–H and O–H groups in total. The molecule has 152 valence electrons. The van der Waals surface area contributed by atoms with E-state index in [2.05, 4.69) is 6.07 Å². The first kappa shape index (κ1) is 20.8. The van der Waals surface area contributed by atoms with Crippen LogP contribution in [-0.4, -0.2) is 14.6 Å². The molecule has 3 aromatic rings. The number of hydrogen-bond acceptors (Lipinski definition) is 5. The van der Waals surface area contributed by atoms with Gasteiger partial charge in [-0.1, -0.05) is 55.8 Å². The standard InChI is InChI=1S/C23H21N3O4/c1-2-3-7-19-13-21(27)22(26(29)30)23(28)25(19)15-16-9-11-17(12-10-16)20-8-5-4-6-18(20)14-24/h4-6,8-13,27H,2-3,7,15H2,1H3. The second kappa shape index (κ2) is 9.05. The van der Waals surface area contributed by atoms with Crippen LogP contribution in [0.1, 0.15) is 36.6 Å². The van der Waals surface area contributed by atoms with Crippen molar-refractivity contribution in [3.05, 3.63) is 91.9 Å². The lowest BCUT2D eigenvalue weighted by Crippen LogP contribution is -2.26. The Morgan fingerprint density at radius 3 is 2.50 bits per heavy atom. The number of hydrogen-bond donors (Lipinski definition) is 1. The minimum atomic E-state index is -0.848. The topological polar surface area (TPSA) is 109 Å². The number of unbranched alkanes of at least 4 members (excludes halogenated alkanes) is 1. The van der Waals surface area contributed by atoms with E-state index in [0.717, 1.165) is 29.5 Å². The second-order valence-electron chi connectivity index (χ2n) is 6.98. The minimum Gasteiger partial charge on any atom is -0.502 e. The summed E-state index contributed by atoms with van der Waals surface area (Å²) in [5.41, 5.74) is 1.97. The highest BCUT2D eigenvalue weighted by Crippen LogP contribution is 2.26. The fourth-order valence-electron chi connectivity index (χ4n) is 3.39. The summed E-state index contributed by atoms with van der Waals surface area (Å²) in [6.07, 6.45) is 2.21. The Morgan fingerprint density at radius 2 is 1.87 bits per heavy atom. The number of rotatable bonds is 7. The average Bonchev–Trinajstić information content (AvgIpc) is 2.74. The van der Waals surface area contributed by atoms with E-state index in [1.165, 1.54) is 10.6 Å². The van der Waals surface area contributed by atoms with Crippen molar-refractivity contribution in [2.75, 3.05) is 0 Å². The number of aromatic nitrogens is 1. The van der Waals surface area contributed by atoms with Crippen molar-refractivity contribution >= 4 is 5.69 Å². The summed E-state index contributed by atoms with van der Waals surface area (Å²) >= 11 is 0. The van der Waals surface area contributed by atoms with Gasteiger partial charge >= 0.3 is 11.2 Å². The molecule has 2 aromatic carbocycles. The SMILES string of the molecule is CCCCc1cc(O)c([N+](=O)[O-])c(=O)n1Cc1ccc(-c2ccccc2C#N)cc1. The molecule has 0 saturated carbocycles. The molecule has 0 radical (unpaired) electrons. The molecule has 1 aromatic heterocycles. The van der Waals surface area contributed by atoms with E-state index in [9.17, 15) is 25.3 Å². The highest BCUT2D eigenvalue weighted by atomic mass is 16.6. The van der Waals surface area contributed by atoms with Crippen molar-refractivity contribution in [1.29, 1.82) is 5.26 Å². The van der Waals surface area contributed by atoms with Crippen molar-refractivity contribution < 1.29 is 10.0 Å². The summed E-state index contributed by atoms with van der Waals surface area (Å²) in [4.78, 5) is 23.1. The van der Waals surface area contributed by atoms with Crippen LogP contribution in [-0.2, 0) is 13.0 Å². The molecule has 7 nitrogen and oxygen atoms in total. The molecule has 30 heavy (non-hydrogen) atoms. The summed E-state index contributed by atoms with van der Waals surface area (Å²) in [6, 6.07) is 18.1. The number of aromatic hydroxyl groups is 1. The van der Waals surface area contributed by atoms with Gasteiger partial charge < -0.3 is 9.67 Å². The maximum atomic E-state index is 12.7. The highest BCUT2D eigenvalue weighted by molar-refractivity contribution is 5.70. The van der Waals surface area contributed by atoms with Crippen molar-refractivity contribution in [2.24, 2.45) is 0 Å². The predicted octanol–water partition coefficient (Wildman–Crippen LogP) is 4.39. The van der Waals surface area contributed by atoms with E-state index >= 15 is 0 Å². The third kappa shape index (κ3) is 4.23. The van der Waals surface area contributed by atoms with Crippen molar-refractivity contribution in [3.63, 3.8) is 0 Å². The zero-order chi connectivity index (χ0) is 21.7. The van der Waals surface area contributed by atoms with E-state index in [4.69, 9.17) is 0 Å². The summed E-state index contributed by atoms with van der Waals surface area (Å²) in [5.74, 6) is -0.601. The Bertz CT molecular complexity index is 1170. The van der Waals surface area contributed by atoms with Gasteiger partial charge in [-0.25, -0.2) is 0 Å². The van der Waals surface area contributed by atoms with Crippen LogP contribution in [0, 0.1) is 21.4 Å². The van der Waals surface area contributed by atoms with Crippen molar-refractivity contribution in [2.45, 2.75) is 32.7 Å². The lowest BCUT2D eigenvalue weighted by Gasteiger charge is -2.14. The molecule has 0 amide bonds. The number of aryl methyl sites for hydroxylation is 1. The van der Waals surface area contributed by atoms with Crippen LogP contribution in [0.4, 0.5) is 5.69 Å². The lowest BCUT2D eigenvalue weighted by molar-refractivity contribution is -0.387. The second-order valence-corrected chi connectivity index (χ2v) is 6.98. The molecule has 0 aliphatic carbocycles. The van der Waals surface area contributed by atoms with Gasteiger partial charge in [0.1, 0.15) is 0 Å². The minimum absolute atomic E-state index is 0.152. The maximum absolute atomic E-state index is 12.7. The van der Waals surface area contributed by atoms with Crippen LogP contribution in [0.3, 0.4) is 0 Å². The van der Waals surface area contributed by atoms with E-state index in [0.29, 0.717) is 17.7 Å². The Kier molecular flexibility index (Phi) is 6.28. The zero-order valence-corrected chi connectivity index (χ0v) is 16.5. The van der Waals surface area contributed by atoms with Crippen LogP contribution in [0.25, 0.3) is 11.1 Å². The van der Waals surface area contributed by atoms with E-state index in [1.54, 1.807) is 12.1 Å². The average molecular weight is 403 g/mol. The first-order valence-electron chi connectivity index (χ1n) is 9.64. The summed E-state index contributed by atoms with van der Waals surface area (Å²) < 4.78 is 1.35. The number of benzene rings is 2. The smallest absolute Gasteiger partial charge is 0.375 e. The van der Waals surface area contributed by atoms with Crippen LogP contribution >= 0.6 is 0 Å². The number of nitrogens with zero attached hydrogens (tertiary/aromatic N) is 3. The molecule has 0 atom stereocenters. The van der Waals surface area contributed by atoms with Gasteiger partial charge in [0.25, 0.3) is 0 Å². The normalized spacial score (nSPS) is 10.5. The Morgan fingerprint density at radius 1 is 1.17 bits per heavy atom. The molecule has 0 bridgehead atoms. The molecule has 0 saturated heterocycles. The van der Waals surface area contributed by atoms with Crippen molar-refractivity contribution in [1.82, 2.24) is 4.57 Å². The van der Waals surface area contributed by atoms with Crippen molar-refractivity contribution in [3.8, 4) is 22.9 Å². The van der Waals surface area contributed by atoms with Gasteiger partial charge in [0.05, 0.1) is 23.1 Å². The molecule has 0 spiro atoms. The zero-order valence-electron chi connectivity index (χ0n) is 16.5. The van der Waals surface area contributed by atoms with Crippen LogP contribution < -0.4 is 5.56 Å². The number of pyridine rings is 1. The Balaban J connectivity index is 1.99. The number of nitriles is 1. The first-order chi connectivity index (χ1) is 14.5. The summed E-state index contributed by atoms with van der Waals surface area (Å²) in [5, 5.41) is 30.5. The van der Waals surface area contributed by atoms with E-state index in [-0.39, 0.29) is 6.54 Å². The molecule has 0 aliphatic heterocycles. The largest absolute Gasteiger partial charge is 0.502 e. The quantitative estimate of drug-likeness (QED) is 0.465. The third-order valence-electron chi connectivity index (χ3n) is 4.96. The van der Waals surface area contributed by atoms with E-state index < -0.39 is 21.9 Å². The molecule has 1 heterocycles. The van der Waals surface area contributed by atoms with E-state index in [1.807, 2.05) is 43.3 Å². The van der Waals surface area contributed by atoms with Gasteiger partial charge in [0.2, 0.25) is 5.75 Å². The molecule has 0 unspecified atom stereocenters. The van der Waals surface area contributed by atoms with Crippen LogP contribution in [0.5, 0.6) is 5.75 Å². The van der Waals surface area contributed by atoms with Crippen LogP contribution in [0.15, 0.2) is 59.4 Å². The highest BCUT2D eigenvalue weighted by Gasteiger charge is 2.23. The number of nitro groups is 1. The Hall–Kier alpha value is -3.92. The first-order valence-corrected chi connectivity index (χ1v) is 9.64. The van der Waals surface area contributed by atoms with Gasteiger partial charge in [-0.3, -0.25) is 14.9 Å². The molecular formula is C23H21N3O4. The molecule has 7 heteroatoms. The summed E-state index contributed by atoms with van der Waals surface area (Å²) in [6.45, 7) is 2.16. The fraction of sp³-hybridized carbons (Fsp3) is 0.217.